The minimum Gasteiger partial charge on any atom is -0.355 e. The Hall–Kier alpha value is -2.67. The molecule has 0 aliphatic heterocycles. The van der Waals surface area contributed by atoms with Crippen LogP contribution in [0.1, 0.15) is 25.8 Å². The first-order chi connectivity index (χ1) is 13.2. The lowest BCUT2D eigenvalue weighted by molar-refractivity contribution is -0.120. The number of aromatic nitrogens is 4. The van der Waals surface area contributed by atoms with Crippen LogP contribution in [-0.2, 0) is 11.3 Å². The van der Waals surface area contributed by atoms with E-state index in [2.05, 4.69) is 37.2 Å². The minimum absolute atomic E-state index is 0.0153. The Morgan fingerprint density at radius 1 is 1.15 bits per heavy atom. The second-order valence-electron chi connectivity index (χ2n) is 6.16. The summed E-state index contributed by atoms with van der Waals surface area (Å²) in [4.78, 5) is 16.3. The van der Waals surface area contributed by atoms with E-state index < -0.39 is 0 Å². The molecule has 0 saturated heterocycles. The molecule has 7 heteroatoms. The monoisotopic (exact) mass is 381 g/mol. The quantitative estimate of drug-likeness (QED) is 0.606. The fourth-order valence-corrected chi connectivity index (χ4v) is 3.48. The number of hydrogen-bond donors (Lipinski definition) is 1. The van der Waals surface area contributed by atoms with Crippen LogP contribution in [0.15, 0.2) is 60.0 Å². The zero-order valence-corrected chi connectivity index (χ0v) is 16.3. The van der Waals surface area contributed by atoms with E-state index in [-0.39, 0.29) is 11.2 Å². The minimum atomic E-state index is -0.249. The Morgan fingerprint density at radius 3 is 2.59 bits per heavy atom. The lowest BCUT2D eigenvalue weighted by atomic mass is 10.2. The lowest BCUT2D eigenvalue weighted by Gasteiger charge is -2.14. The Kier molecular flexibility index (Phi) is 6.59. The van der Waals surface area contributed by atoms with Crippen molar-refractivity contribution in [3.63, 3.8) is 0 Å². The van der Waals surface area contributed by atoms with Gasteiger partial charge in [-0.05, 0) is 31.0 Å². The van der Waals surface area contributed by atoms with Crippen molar-refractivity contribution in [2.45, 2.75) is 37.2 Å². The van der Waals surface area contributed by atoms with Gasteiger partial charge in [-0.3, -0.25) is 14.3 Å². The van der Waals surface area contributed by atoms with Gasteiger partial charge in [0.15, 0.2) is 11.0 Å². The highest BCUT2D eigenvalue weighted by atomic mass is 32.2. The SMILES string of the molecule is CCCNC(=O)[C@@H](C)Sc1nnc(-c2ccncc2)n1Cc1ccccc1. The normalized spacial score (nSPS) is 11.9. The Balaban J connectivity index is 1.89. The van der Waals surface area contributed by atoms with Crippen LogP contribution in [0.3, 0.4) is 0 Å². The van der Waals surface area contributed by atoms with E-state index >= 15 is 0 Å². The molecule has 0 fully saturated rings. The second kappa shape index (κ2) is 9.32. The standard InChI is InChI=1S/C20H23N5OS/c1-3-11-22-19(26)15(2)27-20-24-23-18(17-9-12-21-13-10-17)25(20)14-16-7-5-4-6-8-16/h4-10,12-13,15H,3,11,14H2,1-2H3,(H,22,26)/t15-/m1/s1. The van der Waals surface area contributed by atoms with Crippen LogP contribution in [0.4, 0.5) is 0 Å². The molecule has 1 amide bonds. The van der Waals surface area contributed by atoms with Gasteiger partial charge in [0, 0.05) is 24.5 Å². The van der Waals surface area contributed by atoms with E-state index in [9.17, 15) is 4.79 Å². The molecule has 1 atom stereocenters. The molecule has 0 saturated carbocycles. The third kappa shape index (κ3) is 4.95. The molecule has 1 N–H and O–H groups in total. The van der Waals surface area contributed by atoms with Gasteiger partial charge < -0.3 is 5.32 Å². The van der Waals surface area contributed by atoms with Crippen LogP contribution >= 0.6 is 11.8 Å². The number of nitrogens with one attached hydrogen (secondary N) is 1. The molecule has 3 aromatic rings. The third-order valence-electron chi connectivity index (χ3n) is 4.04. The summed E-state index contributed by atoms with van der Waals surface area (Å²) in [6.45, 7) is 5.25. The van der Waals surface area contributed by atoms with Crippen LogP contribution < -0.4 is 5.32 Å². The number of nitrogens with zero attached hydrogens (tertiary/aromatic N) is 4. The van der Waals surface area contributed by atoms with E-state index in [4.69, 9.17) is 0 Å². The number of rotatable bonds is 8. The van der Waals surface area contributed by atoms with Crippen molar-refractivity contribution in [2.24, 2.45) is 0 Å². The van der Waals surface area contributed by atoms with Gasteiger partial charge in [0.25, 0.3) is 0 Å². The number of carbonyl (C=O) groups excluding carboxylic acids is 1. The number of hydrogen-bond acceptors (Lipinski definition) is 5. The second-order valence-corrected chi connectivity index (χ2v) is 7.47. The van der Waals surface area contributed by atoms with Gasteiger partial charge in [0.1, 0.15) is 0 Å². The highest BCUT2D eigenvalue weighted by Gasteiger charge is 2.20. The van der Waals surface area contributed by atoms with Crippen molar-refractivity contribution in [3.8, 4) is 11.4 Å². The number of pyridine rings is 1. The molecule has 140 valence electrons. The summed E-state index contributed by atoms with van der Waals surface area (Å²) in [5, 5.41) is 12.2. The Labute approximate surface area is 163 Å². The fourth-order valence-electron chi connectivity index (χ4n) is 2.60. The third-order valence-corrected chi connectivity index (χ3v) is 5.12. The Morgan fingerprint density at radius 2 is 1.89 bits per heavy atom. The van der Waals surface area contributed by atoms with Crippen molar-refractivity contribution < 1.29 is 4.79 Å². The molecule has 0 radical (unpaired) electrons. The molecule has 3 rings (SSSR count). The van der Waals surface area contributed by atoms with Gasteiger partial charge in [0.05, 0.1) is 11.8 Å². The molecule has 0 aliphatic rings. The fraction of sp³-hybridized carbons (Fsp3) is 0.300. The maximum Gasteiger partial charge on any atom is 0.233 e. The van der Waals surface area contributed by atoms with E-state index in [1.54, 1.807) is 12.4 Å². The molecule has 0 bridgehead atoms. The largest absolute Gasteiger partial charge is 0.355 e. The zero-order valence-electron chi connectivity index (χ0n) is 15.5. The van der Waals surface area contributed by atoms with Gasteiger partial charge >= 0.3 is 0 Å². The highest BCUT2D eigenvalue weighted by Crippen LogP contribution is 2.27. The summed E-state index contributed by atoms with van der Waals surface area (Å²) in [5.41, 5.74) is 2.10. The van der Waals surface area contributed by atoms with Crippen LogP contribution in [0.25, 0.3) is 11.4 Å². The zero-order chi connectivity index (χ0) is 19.1. The van der Waals surface area contributed by atoms with Crippen molar-refractivity contribution in [3.05, 3.63) is 60.4 Å². The predicted octanol–water partition coefficient (Wildman–Crippen LogP) is 3.40. The summed E-state index contributed by atoms with van der Waals surface area (Å²) >= 11 is 1.43. The highest BCUT2D eigenvalue weighted by molar-refractivity contribution is 8.00. The molecule has 0 unspecified atom stereocenters. The first-order valence-corrected chi connectivity index (χ1v) is 9.89. The van der Waals surface area contributed by atoms with E-state index in [0.717, 1.165) is 28.5 Å². The first-order valence-electron chi connectivity index (χ1n) is 9.01. The number of benzene rings is 1. The molecule has 6 nitrogen and oxygen atoms in total. The van der Waals surface area contributed by atoms with E-state index in [1.807, 2.05) is 44.2 Å². The van der Waals surface area contributed by atoms with E-state index in [1.165, 1.54) is 11.8 Å². The van der Waals surface area contributed by atoms with E-state index in [0.29, 0.717) is 13.1 Å². The van der Waals surface area contributed by atoms with Gasteiger partial charge in [-0.1, -0.05) is 49.0 Å². The molecule has 27 heavy (non-hydrogen) atoms. The number of carbonyl (C=O) groups is 1. The molecule has 1 aromatic carbocycles. The predicted molar refractivity (Wildman–Crippen MR) is 107 cm³/mol. The van der Waals surface area contributed by atoms with Crippen molar-refractivity contribution in [1.29, 1.82) is 0 Å². The van der Waals surface area contributed by atoms with Gasteiger partial charge in [-0.15, -0.1) is 10.2 Å². The maximum atomic E-state index is 12.3. The van der Waals surface area contributed by atoms with Gasteiger partial charge in [-0.2, -0.15) is 0 Å². The average molecular weight is 382 g/mol. The summed E-state index contributed by atoms with van der Waals surface area (Å²) in [7, 11) is 0. The molecular formula is C20H23N5OS. The number of amides is 1. The lowest BCUT2D eigenvalue weighted by Crippen LogP contribution is -2.31. The summed E-state index contributed by atoms with van der Waals surface area (Å²) in [6, 6.07) is 14.0. The maximum absolute atomic E-state index is 12.3. The van der Waals surface area contributed by atoms with Crippen LogP contribution in [0, 0.1) is 0 Å². The van der Waals surface area contributed by atoms with Crippen molar-refractivity contribution in [2.75, 3.05) is 6.54 Å². The summed E-state index contributed by atoms with van der Waals surface area (Å²) in [5.74, 6) is 0.784. The number of thioether (sulfide) groups is 1. The van der Waals surface area contributed by atoms with Crippen LogP contribution in [0.2, 0.25) is 0 Å². The smallest absolute Gasteiger partial charge is 0.233 e. The van der Waals surface area contributed by atoms with Crippen LogP contribution in [0.5, 0.6) is 0 Å². The van der Waals surface area contributed by atoms with Gasteiger partial charge in [0.2, 0.25) is 5.91 Å². The summed E-state index contributed by atoms with van der Waals surface area (Å²) < 4.78 is 2.05. The van der Waals surface area contributed by atoms with Gasteiger partial charge in [-0.25, -0.2) is 0 Å². The molecule has 2 aromatic heterocycles. The molecule has 2 heterocycles. The summed E-state index contributed by atoms with van der Waals surface area (Å²) in [6.07, 6.45) is 4.40. The average Bonchev–Trinajstić information content (AvgIpc) is 3.09. The molecule has 0 spiro atoms. The molecular weight excluding hydrogens is 358 g/mol. The first kappa shape index (κ1) is 19.1. The van der Waals surface area contributed by atoms with Crippen molar-refractivity contribution >= 4 is 17.7 Å². The topological polar surface area (TPSA) is 72.7 Å². The molecule has 0 aliphatic carbocycles. The van der Waals surface area contributed by atoms with Crippen LogP contribution in [-0.4, -0.2) is 37.5 Å². The van der Waals surface area contributed by atoms with Crippen molar-refractivity contribution in [1.82, 2.24) is 25.1 Å². The Bertz CT molecular complexity index is 867.